The van der Waals surface area contributed by atoms with Crippen molar-refractivity contribution in [1.82, 2.24) is 0 Å². The second-order valence-electron chi connectivity index (χ2n) is 13.9. The fourth-order valence-electron chi connectivity index (χ4n) is 8.18. The van der Waals surface area contributed by atoms with E-state index in [1.54, 1.807) is 0 Å². The van der Waals surface area contributed by atoms with Gasteiger partial charge in [-0.2, -0.15) is 0 Å². The summed E-state index contributed by atoms with van der Waals surface area (Å²) in [5.41, 5.74) is 11.6. The zero-order valence-corrected chi connectivity index (χ0v) is 31.3. The molecule has 2 aromatic heterocycles. The first-order valence-corrected chi connectivity index (χ1v) is 20.2. The van der Waals surface area contributed by atoms with Gasteiger partial charge in [-0.15, -0.1) is 22.7 Å². The summed E-state index contributed by atoms with van der Waals surface area (Å²) < 4.78 is 0. The zero-order valence-electron chi connectivity index (χ0n) is 29.7. The average Bonchev–Trinajstić information content (AvgIpc) is 3.95. The summed E-state index contributed by atoms with van der Waals surface area (Å²) in [6, 6.07) is 67.0. The molecular formula is C52H36S2. The first kappa shape index (κ1) is 32.6. The predicted octanol–water partition coefficient (Wildman–Crippen LogP) is 15.6. The normalized spacial score (nSPS) is 14.1. The van der Waals surface area contributed by atoms with E-state index in [2.05, 4.69) is 200 Å². The molecule has 0 radical (unpaired) electrons. The lowest BCUT2D eigenvalue weighted by molar-refractivity contribution is 0.876. The molecule has 0 spiro atoms. The topological polar surface area (TPSA) is 0 Å². The Labute approximate surface area is 324 Å². The lowest BCUT2D eigenvalue weighted by Crippen LogP contribution is -2.06. The fourth-order valence-corrected chi connectivity index (χ4v) is 10.3. The highest BCUT2D eigenvalue weighted by molar-refractivity contribution is 7.25. The van der Waals surface area contributed by atoms with E-state index in [9.17, 15) is 0 Å². The Morgan fingerprint density at radius 1 is 0.370 bits per heavy atom. The van der Waals surface area contributed by atoms with Gasteiger partial charge in [-0.1, -0.05) is 164 Å². The van der Waals surface area contributed by atoms with E-state index in [4.69, 9.17) is 0 Å². The highest BCUT2D eigenvalue weighted by Gasteiger charge is 2.25. The van der Waals surface area contributed by atoms with Crippen LogP contribution in [0.4, 0.5) is 0 Å². The Kier molecular flexibility index (Phi) is 8.48. The molecule has 7 aromatic carbocycles. The summed E-state index contributed by atoms with van der Waals surface area (Å²) in [6.45, 7) is 0. The SMILES string of the molecule is C1=CCC(c2ccccc2)C(c2c3ccccc3c(-c3cccc(-c4ccccc4)c3)c3ccc(-c4ccc(-c5ccc(-c6ccccc6)s5)s4)cc23)=C1. The first-order chi connectivity index (χ1) is 26.8. The van der Waals surface area contributed by atoms with Crippen LogP contribution in [0.15, 0.2) is 200 Å². The summed E-state index contributed by atoms with van der Waals surface area (Å²) >= 11 is 3.75. The average molecular weight is 725 g/mol. The number of thiophene rings is 2. The maximum atomic E-state index is 2.47. The molecule has 0 fully saturated rings. The minimum absolute atomic E-state index is 0.268. The molecule has 1 aliphatic rings. The summed E-state index contributed by atoms with van der Waals surface area (Å²) in [6.07, 6.45) is 7.93. The number of fused-ring (bicyclic) bond motifs is 2. The van der Waals surface area contributed by atoms with Crippen molar-refractivity contribution in [2.45, 2.75) is 12.3 Å². The van der Waals surface area contributed by atoms with E-state index in [0.717, 1.165) is 6.42 Å². The summed E-state index contributed by atoms with van der Waals surface area (Å²) in [5.74, 6) is 0.268. The van der Waals surface area contributed by atoms with Crippen molar-refractivity contribution in [3.63, 3.8) is 0 Å². The third kappa shape index (κ3) is 5.94. The Morgan fingerprint density at radius 3 is 1.65 bits per heavy atom. The van der Waals surface area contributed by atoms with Gasteiger partial charge in [-0.3, -0.25) is 0 Å². The van der Waals surface area contributed by atoms with E-state index < -0.39 is 0 Å². The number of allylic oxidation sites excluding steroid dienone is 4. The molecule has 1 unspecified atom stereocenters. The van der Waals surface area contributed by atoms with E-state index in [1.165, 1.54) is 91.1 Å². The van der Waals surface area contributed by atoms with Gasteiger partial charge in [0.15, 0.2) is 0 Å². The molecule has 0 N–H and O–H groups in total. The molecule has 1 aliphatic carbocycles. The van der Waals surface area contributed by atoms with Crippen molar-refractivity contribution in [3.8, 4) is 52.9 Å². The molecule has 0 nitrogen and oxygen atoms in total. The van der Waals surface area contributed by atoms with Gasteiger partial charge in [-0.05, 0) is 114 Å². The smallest absolute Gasteiger partial charge is 0.0449 e. The van der Waals surface area contributed by atoms with Crippen LogP contribution in [-0.2, 0) is 0 Å². The number of benzene rings is 7. The molecule has 0 aliphatic heterocycles. The largest absolute Gasteiger partial charge is 0.134 e. The van der Waals surface area contributed by atoms with Crippen LogP contribution < -0.4 is 0 Å². The van der Waals surface area contributed by atoms with Crippen LogP contribution in [0.1, 0.15) is 23.5 Å². The third-order valence-electron chi connectivity index (χ3n) is 10.7. The highest BCUT2D eigenvalue weighted by Crippen LogP contribution is 2.49. The molecule has 0 bridgehead atoms. The van der Waals surface area contributed by atoms with Gasteiger partial charge in [0.2, 0.25) is 0 Å². The minimum Gasteiger partial charge on any atom is -0.134 e. The molecule has 1 atom stereocenters. The van der Waals surface area contributed by atoms with Gasteiger partial charge >= 0.3 is 0 Å². The molecule has 54 heavy (non-hydrogen) atoms. The van der Waals surface area contributed by atoms with Crippen LogP contribution in [0.25, 0.3) is 80.0 Å². The quantitative estimate of drug-likeness (QED) is 0.144. The Hall–Kier alpha value is -6.06. The van der Waals surface area contributed by atoms with E-state index >= 15 is 0 Å². The van der Waals surface area contributed by atoms with Crippen LogP contribution in [0.2, 0.25) is 0 Å². The van der Waals surface area contributed by atoms with Crippen molar-refractivity contribution in [3.05, 3.63) is 211 Å². The highest BCUT2D eigenvalue weighted by atomic mass is 32.1. The molecule has 10 rings (SSSR count). The predicted molar refractivity (Wildman–Crippen MR) is 235 cm³/mol. The Balaban J connectivity index is 1.18. The summed E-state index contributed by atoms with van der Waals surface area (Å²) in [7, 11) is 0. The van der Waals surface area contributed by atoms with Crippen molar-refractivity contribution in [2.24, 2.45) is 0 Å². The molecule has 0 amide bonds. The molecule has 9 aromatic rings. The van der Waals surface area contributed by atoms with Crippen LogP contribution in [0.3, 0.4) is 0 Å². The van der Waals surface area contributed by atoms with Crippen LogP contribution >= 0.6 is 22.7 Å². The van der Waals surface area contributed by atoms with Crippen molar-refractivity contribution < 1.29 is 0 Å². The number of rotatable bonds is 7. The van der Waals surface area contributed by atoms with Crippen LogP contribution in [0.5, 0.6) is 0 Å². The standard InChI is InChI=1S/C52H36S2/c1-4-15-35(16-5-1)38-21-14-22-40(33-38)51-43-25-12-13-26-44(43)52(42-24-11-10-23-41(42)36-17-6-2-7-18-36)46-34-39(27-28-45(46)51)48-30-32-50(54-48)49-31-29-47(53-49)37-19-8-3-9-20-37/h1-22,24-34,41H,23H2. The maximum absolute atomic E-state index is 2.47. The monoisotopic (exact) mass is 724 g/mol. The molecule has 0 saturated carbocycles. The van der Waals surface area contributed by atoms with Crippen molar-refractivity contribution >= 4 is 49.8 Å². The third-order valence-corrected chi connectivity index (χ3v) is 13.2. The molecule has 2 heterocycles. The van der Waals surface area contributed by atoms with E-state index in [0.29, 0.717) is 0 Å². The zero-order chi connectivity index (χ0) is 35.8. The van der Waals surface area contributed by atoms with Gasteiger partial charge in [-0.25, -0.2) is 0 Å². The molecule has 0 saturated heterocycles. The maximum Gasteiger partial charge on any atom is 0.0449 e. The van der Waals surface area contributed by atoms with Crippen molar-refractivity contribution in [1.29, 1.82) is 0 Å². The van der Waals surface area contributed by atoms with Gasteiger partial charge in [0.05, 0.1) is 0 Å². The van der Waals surface area contributed by atoms with Crippen LogP contribution in [-0.4, -0.2) is 0 Å². The van der Waals surface area contributed by atoms with E-state index in [-0.39, 0.29) is 5.92 Å². The minimum atomic E-state index is 0.268. The van der Waals surface area contributed by atoms with Crippen LogP contribution in [0, 0.1) is 0 Å². The first-order valence-electron chi connectivity index (χ1n) is 18.6. The molecule has 256 valence electrons. The number of hydrogen-bond acceptors (Lipinski definition) is 2. The van der Waals surface area contributed by atoms with Gasteiger partial charge < -0.3 is 0 Å². The Bertz CT molecular complexity index is 2830. The van der Waals surface area contributed by atoms with Gasteiger partial charge in [0, 0.05) is 25.4 Å². The Morgan fingerprint density at radius 2 is 0.926 bits per heavy atom. The lowest BCUT2D eigenvalue weighted by atomic mass is 9.77. The second-order valence-corrected chi connectivity index (χ2v) is 16.1. The summed E-state index contributed by atoms with van der Waals surface area (Å²) in [4.78, 5) is 5.20. The number of hydrogen-bond donors (Lipinski definition) is 0. The fraction of sp³-hybridized carbons (Fsp3) is 0.0385. The van der Waals surface area contributed by atoms with Gasteiger partial charge in [0.1, 0.15) is 0 Å². The second kappa shape index (κ2) is 14.1. The lowest BCUT2D eigenvalue weighted by Gasteiger charge is -2.26. The molecule has 2 heteroatoms. The van der Waals surface area contributed by atoms with Gasteiger partial charge in [0.25, 0.3) is 0 Å². The molecular weight excluding hydrogens is 689 g/mol. The summed E-state index contributed by atoms with van der Waals surface area (Å²) in [5, 5.41) is 5.16. The van der Waals surface area contributed by atoms with Crippen molar-refractivity contribution in [2.75, 3.05) is 0 Å². The van der Waals surface area contributed by atoms with E-state index in [1.807, 2.05) is 22.7 Å².